The molecule has 1 aromatic heterocycles. The molecular formula is C13H16N4O. The number of piperidine rings is 1. The minimum Gasteiger partial charge on any atom is -0.337 e. The van der Waals surface area contributed by atoms with E-state index in [1.54, 1.807) is 17.0 Å². The highest BCUT2D eigenvalue weighted by atomic mass is 16.2. The Hall–Kier alpha value is -1.93. The maximum Gasteiger partial charge on any atom is 0.272 e. The van der Waals surface area contributed by atoms with Crippen molar-refractivity contribution in [2.75, 3.05) is 13.1 Å². The molecule has 2 atom stereocenters. The maximum atomic E-state index is 12.2. The van der Waals surface area contributed by atoms with Crippen LogP contribution in [-0.4, -0.2) is 34.9 Å². The highest BCUT2D eigenvalue weighted by molar-refractivity contribution is 5.92. The van der Waals surface area contributed by atoms with Gasteiger partial charge in [-0.3, -0.25) is 4.79 Å². The van der Waals surface area contributed by atoms with Crippen LogP contribution in [0.15, 0.2) is 18.3 Å². The van der Waals surface area contributed by atoms with Crippen molar-refractivity contribution in [1.29, 1.82) is 5.26 Å². The van der Waals surface area contributed by atoms with Crippen molar-refractivity contribution in [2.45, 2.75) is 19.4 Å². The summed E-state index contributed by atoms with van der Waals surface area (Å²) in [4.78, 5) is 18.0. The molecule has 0 bridgehead atoms. The van der Waals surface area contributed by atoms with Gasteiger partial charge in [0, 0.05) is 25.3 Å². The van der Waals surface area contributed by atoms with Gasteiger partial charge in [-0.05, 0) is 24.5 Å². The quantitative estimate of drug-likeness (QED) is 0.790. The summed E-state index contributed by atoms with van der Waals surface area (Å²) in [5.74, 6) is 0.222. The summed E-state index contributed by atoms with van der Waals surface area (Å²) < 4.78 is 0. The van der Waals surface area contributed by atoms with Crippen LogP contribution < -0.4 is 5.73 Å². The van der Waals surface area contributed by atoms with Crippen molar-refractivity contribution in [3.05, 3.63) is 29.6 Å². The Bertz CT molecular complexity index is 477. The van der Waals surface area contributed by atoms with Crippen molar-refractivity contribution in [2.24, 2.45) is 11.7 Å². The Morgan fingerprint density at radius 3 is 2.94 bits per heavy atom. The van der Waals surface area contributed by atoms with Gasteiger partial charge in [-0.15, -0.1) is 0 Å². The van der Waals surface area contributed by atoms with Crippen molar-refractivity contribution in [3.8, 4) is 6.07 Å². The standard InChI is InChI=1S/C13H16N4O/c1-9-8-17(5-4-11(9)15)13(18)12-3-2-10(6-14)7-16-12/h2-3,7,9,11H,4-5,8,15H2,1H3. The molecule has 1 aliphatic heterocycles. The molecule has 1 fully saturated rings. The number of pyridine rings is 1. The van der Waals surface area contributed by atoms with Crippen LogP contribution in [0.3, 0.4) is 0 Å². The average molecular weight is 244 g/mol. The molecular weight excluding hydrogens is 228 g/mol. The predicted octanol–water partition coefficient (Wildman–Crippen LogP) is 0.763. The molecule has 18 heavy (non-hydrogen) atoms. The third-order valence-corrected chi connectivity index (χ3v) is 3.37. The SMILES string of the molecule is CC1CN(C(=O)c2ccc(C#N)cn2)CCC1N. The smallest absolute Gasteiger partial charge is 0.272 e. The van der Waals surface area contributed by atoms with Crippen LogP contribution in [0.2, 0.25) is 0 Å². The first-order valence-corrected chi connectivity index (χ1v) is 6.03. The monoisotopic (exact) mass is 244 g/mol. The lowest BCUT2D eigenvalue weighted by molar-refractivity contribution is 0.0658. The van der Waals surface area contributed by atoms with Gasteiger partial charge in [0.1, 0.15) is 11.8 Å². The zero-order chi connectivity index (χ0) is 13.1. The number of carbonyl (C=O) groups is 1. The molecule has 5 heteroatoms. The normalized spacial score (nSPS) is 23.5. The van der Waals surface area contributed by atoms with Gasteiger partial charge in [0.25, 0.3) is 5.91 Å². The first kappa shape index (κ1) is 12.5. The van der Waals surface area contributed by atoms with Crippen LogP contribution in [-0.2, 0) is 0 Å². The Balaban J connectivity index is 2.09. The van der Waals surface area contributed by atoms with Gasteiger partial charge in [-0.25, -0.2) is 4.98 Å². The van der Waals surface area contributed by atoms with Gasteiger partial charge in [-0.2, -0.15) is 5.26 Å². The molecule has 2 unspecified atom stereocenters. The molecule has 0 spiro atoms. The Labute approximate surface area is 106 Å². The van der Waals surface area contributed by atoms with Gasteiger partial charge in [0.05, 0.1) is 5.56 Å². The summed E-state index contributed by atoms with van der Waals surface area (Å²) in [6.45, 7) is 3.39. The molecule has 5 nitrogen and oxygen atoms in total. The zero-order valence-corrected chi connectivity index (χ0v) is 10.3. The van der Waals surface area contributed by atoms with Gasteiger partial charge in [0.2, 0.25) is 0 Å². The number of hydrogen-bond donors (Lipinski definition) is 1. The fraction of sp³-hybridized carbons (Fsp3) is 0.462. The minimum atomic E-state index is -0.0850. The number of aromatic nitrogens is 1. The third-order valence-electron chi connectivity index (χ3n) is 3.37. The summed E-state index contributed by atoms with van der Waals surface area (Å²) >= 11 is 0. The number of carbonyl (C=O) groups excluding carboxylic acids is 1. The first-order valence-electron chi connectivity index (χ1n) is 6.03. The number of amides is 1. The highest BCUT2D eigenvalue weighted by Gasteiger charge is 2.27. The molecule has 0 aromatic carbocycles. The summed E-state index contributed by atoms with van der Waals surface area (Å²) in [5.41, 5.74) is 6.77. The molecule has 1 aliphatic rings. The fourth-order valence-electron chi connectivity index (χ4n) is 2.10. The van der Waals surface area contributed by atoms with Crippen LogP contribution in [0.1, 0.15) is 29.4 Å². The van der Waals surface area contributed by atoms with Gasteiger partial charge >= 0.3 is 0 Å². The Kier molecular flexibility index (Phi) is 3.58. The first-order chi connectivity index (χ1) is 8.61. The van der Waals surface area contributed by atoms with Crippen LogP contribution in [0, 0.1) is 17.2 Å². The van der Waals surface area contributed by atoms with E-state index < -0.39 is 0 Å². The van der Waals surface area contributed by atoms with Gasteiger partial charge < -0.3 is 10.6 Å². The van der Waals surface area contributed by atoms with Gasteiger partial charge in [0.15, 0.2) is 0 Å². The molecule has 1 amide bonds. The lowest BCUT2D eigenvalue weighted by Crippen LogP contribution is -2.48. The van der Waals surface area contributed by atoms with E-state index in [-0.39, 0.29) is 11.9 Å². The maximum absolute atomic E-state index is 12.2. The molecule has 2 N–H and O–H groups in total. The van der Waals surface area contributed by atoms with Crippen LogP contribution in [0.4, 0.5) is 0 Å². The molecule has 0 aliphatic carbocycles. The third kappa shape index (κ3) is 2.49. The van der Waals surface area contributed by atoms with E-state index in [9.17, 15) is 4.79 Å². The van der Waals surface area contributed by atoms with Crippen LogP contribution in [0.5, 0.6) is 0 Å². The van der Waals surface area contributed by atoms with Crippen molar-refractivity contribution < 1.29 is 4.79 Å². The van der Waals surface area contributed by atoms with Crippen molar-refractivity contribution >= 4 is 5.91 Å². The van der Waals surface area contributed by atoms with E-state index in [0.29, 0.717) is 30.3 Å². The molecule has 1 saturated heterocycles. The zero-order valence-electron chi connectivity index (χ0n) is 10.3. The Morgan fingerprint density at radius 1 is 1.61 bits per heavy atom. The number of rotatable bonds is 1. The van der Waals surface area contributed by atoms with Crippen molar-refractivity contribution in [1.82, 2.24) is 9.88 Å². The summed E-state index contributed by atoms with van der Waals surface area (Å²) in [5, 5.41) is 8.68. The minimum absolute atomic E-state index is 0.0850. The van der Waals surface area contributed by atoms with E-state index in [4.69, 9.17) is 11.0 Å². The molecule has 0 radical (unpaired) electrons. The number of nitrogens with zero attached hydrogens (tertiary/aromatic N) is 3. The second kappa shape index (κ2) is 5.15. The van der Waals surface area contributed by atoms with E-state index in [1.807, 2.05) is 6.07 Å². The van der Waals surface area contributed by atoms with Crippen LogP contribution in [0.25, 0.3) is 0 Å². The fourth-order valence-corrected chi connectivity index (χ4v) is 2.10. The second-order valence-electron chi connectivity index (χ2n) is 4.72. The van der Waals surface area contributed by atoms with E-state index in [2.05, 4.69) is 11.9 Å². The topological polar surface area (TPSA) is 83.0 Å². The van der Waals surface area contributed by atoms with E-state index >= 15 is 0 Å². The lowest BCUT2D eigenvalue weighted by atomic mass is 9.94. The number of nitrogens with two attached hydrogens (primary N) is 1. The number of likely N-dealkylation sites (tertiary alicyclic amines) is 1. The largest absolute Gasteiger partial charge is 0.337 e. The molecule has 1 aromatic rings. The van der Waals surface area contributed by atoms with Crippen LogP contribution >= 0.6 is 0 Å². The summed E-state index contributed by atoms with van der Waals surface area (Å²) in [6.07, 6.45) is 2.25. The van der Waals surface area contributed by atoms with Crippen molar-refractivity contribution in [3.63, 3.8) is 0 Å². The molecule has 2 heterocycles. The highest BCUT2D eigenvalue weighted by Crippen LogP contribution is 2.16. The Morgan fingerprint density at radius 2 is 2.39 bits per heavy atom. The average Bonchev–Trinajstić information content (AvgIpc) is 2.41. The number of hydrogen-bond acceptors (Lipinski definition) is 4. The number of nitriles is 1. The van der Waals surface area contributed by atoms with Gasteiger partial charge in [-0.1, -0.05) is 6.92 Å². The second-order valence-corrected chi connectivity index (χ2v) is 4.72. The summed E-state index contributed by atoms with van der Waals surface area (Å²) in [6, 6.07) is 5.36. The predicted molar refractivity (Wildman–Crippen MR) is 66.6 cm³/mol. The lowest BCUT2D eigenvalue weighted by Gasteiger charge is -2.34. The van der Waals surface area contributed by atoms with E-state index in [0.717, 1.165) is 6.42 Å². The molecule has 2 rings (SSSR count). The molecule has 0 saturated carbocycles. The van der Waals surface area contributed by atoms with E-state index in [1.165, 1.54) is 6.20 Å². The molecule has 94 valence electrons. The summed E-state index contributed by atoms with van der Waals surface area (Å²) in [7, 11) is 0.